The van der Waals surface area contributed by atoms with Gasteiger partial charge in [-0.25, -0.2) is 12.8 Å². The van der Waals surface area contributed by atoms with Crippen LogP contribution >= 0.6 is 0 Å². The van der Waals surface area contributed by atoms with Crippen LogP contribution in [0.1, 0.15) is 11.1 Å². The van der Waals surface area contributed by atoms with Gasteiger partial charge in [0.05, 0.1) is 9.82 Å². The molecule has 0 atom stereocenters. The number of rotatable bonds is 4. The van der Waals surface area contributed by atoms with Crippen molar-refractivity contribution in [2.45, 2.75) is 18.7 Å². The minimum Gasteiger partial charge on any atom is -0.450 e. The maximum atomic E-state index is 13.3. The first-order chi connectivity index (χ1) is 10.6. The van der Waals surface area contributed by atoms with Crippen molar-refractivity contribution in [2.75, 3.05) is 6.26 Å². The zero-order valence-corrected chi connectivity index (χ0v) is 13.5. The van der Waals surface area contributed by atoms with Crippen LogP contribution in [0.3, 0.4) is 0 Å². The lowest BCUT2D eigenvalue weighted by Gasteiger charge is -2.12. The molecule has 0 unspecified atom stereocenters. The van der Waals surface area contributed by atoms with E-state index in [-0.39, 0.29) is 10.6 Å². The Kier molecular flexibility index (Phi) is 4.37. The number of hydrogen-bond acceptors (Lipinski definition) is 5. The Morgan fingerprint density at radius 1 is 1.13 bits per heavy atom. The minimum atomic E-state index is -3.58. The quantitative estimate of drug-likeness (QED) is 0.628. The molecule has 0 aromatic heterocycles. The van der Waals surface area contributed by atoms with E-state index in [1.54, 1.807) is 13.8 Å². The van der Waals surface area contributed by atoms with Gasteiger partial charge in [-0.3, -0.25) is 10.1 Å². The molecule has 0 heterocycles. The predicted molar refractivity (Wildman–Crippen MR) is 82.2 cm³/mol. The molecule has 0 N–H and O–H groups in total. The molecule has 0 fully saturated rings. The summed E-state index contributed by atoms with van der Waals surface area (Å²) in [5, 5.41) is 11.2. The Balaban J connectivity index is 2.55. The Hall–Kier alpha value is -2.48. The maximum Gasteiger partial charge on any atom is 0.312 e. The second-order valence-corrected chi connectivity index (χ2v) is 7.15. The number of ether oxygens (including phenoxy) is 1. The first kappa shape index (κ1) is 16.9. The Morgan fingerprint density at radius 3 is 2.17 bits per heavy atom. The van der Waals surface area contributed by atoms with Gasteiger partial charge in [-0.15, -0.1) is 0 Å². The van der Waals surface area contributed by atoms with Crippen molar-refractivity contribution in [1.29, 1.82) is 0 Å². The summed E-state index contributed by atoms with van der Waals surface area (Å²) < 4.78 is 41.9. The fourth-order valence-corrected chi connectivity index (χ4v) is 2.77. The van der Waals surface area contributed by atoms with E-state index < -0.39 is 26.3 Å². The summed E-state index contributed by atoms with van der Waals surface area (Å²) in [6.07, 6.45) is 0.959. The molecule has 23 heavy (non-hydrogen) atoms. The van der Waals surface area contributed by atoms with Crippen LogP contribution in [0.25, 0.3) is 0 Å². The van der Waals surface area contributed by atoms with Crippen LogP contribution in [0, 0.1) is 29.8 Å². The fourth-order valence-electron chi connectivity index (χ4n) is 2.13. The van der Waals surface area contributed by atoms with Gasteiger partial charge in [-0.2, -0.15) is 0 Å². The fraction of sp³-hybridized carbons (Fsp3) is 0.200. The lowest BCUT2D eigenvalue weighted by molar-refractivity contribution is -0.385. The molecule has 0 bridgehead atoms. The van der Waals surface area contributed by atoms with Gasteiger partial charge in [0.2, 0.25) is 5.75 Å². The van der Waals surface area contributed by atoms with E-state index in [1.807, 2.05) is 0 Å². The zero-order valence-electron chi connectivity index (χ0n) is 12.7. The van der Waals surface area contributed by atoms with Crippen molar-refractivity contribution in [3.05, 3.63) is 57.4 Å². The molecule has 8 heteroatoms. The molecule has 0 amide bonds. The monoisotopic (exact) mass is 339 g/mol. The number of sulfone groups is 1. The molecule has 0 aliphatic carbocycles. The molecule has 0 saturated heterocycles. The Labute approximate surface area is 132 Å². The van der Waals surface area contributed by atoms with Gasteiger partial charge in [0.25, 0.3) is 0 Å². The topological polar surface area (TPSA) is 86.5 Å². The number of hydrogen-bond donors (Lipinski definition) is 0. The van der Waals surface area contributed by atoms with E-state index >= 15 is 0 Å². The normalized spacial score (nSPS) is 11.3. The summed E-state index contributed by atoms with van der Waals surface area (Å²) >= 11 is 0. The average Bonchev–Trinajstić information content (AvgIpc) is 2.41. The number of benzene rings is 2. The van der Waals surface area contributed by atoms with E-state index in [4.69, 9.17) is 4.74 Å². The van der Waals surface area contributed by atoms with Gasteiger partial charge in [-0.1, -0.05) is 0 Å². The van der Waals surface area contributed by atoms with Crippen molar-refractivity contribution >= 4 is 15.5 Å². The third-order valence-corrected chi connectivity index (χ3v) is 4.30. The number of nitrogens with zero attached hydrogens (tertiary/aromatic N) is 1. The highest BCUT2D eigenvalue weighted by Gasteiger charge is 2.21. The lowest BCUT2D eigenvalue weighted by atomic mass is 10.1. The van der Waals surface area contributed by atoms with Crippen molar-refractivity contribution in [3.63, 3.8) is 0 Å². The SMILES string of the molecule is Cc1cc(F)cc(C)c1Oc1ccc(S(C)(=O)=O)cc1[N+](=O)[O-]. The minimum absolute atomic E-state index is 0.111. The largest absolute Gasteiger partial charge is 0.450 e. The summed E-state index contributed by atoms with van der Waals surface area (Å²) in [6, 6.07) is 5.89. The molecule has 0 saturated carbocycles. The van der Waals surface area contributed by atoms with Crippen LogP contribution in [0.2, 0.25) is 0 Å². The summed E-state index contributed by atoms with van der Waals surface area (Å²) in [6.45, 7) is 3.23. The molecule has 0 spiro atoms. The second-order valence-electron chi connectivity index (χ2n) is 5.13. The van der Waals surface area contributed by atoms with Gasteiger partial charge in [0.1, 0.15) is 11.6 Å². The average molecular weight is 339 g/mol. The Morgan fingerprint density at radius 2 is 1.70 bits per heavy atom. The smallest absolute Gasteiger partial charge is 0.312 e. The molecule has 2 rings (SSSR count). The van der Waals surface area contributed by atoms with Crippen LogP contribution in [0.5, 0.6) is 11.5 Å². The van der Waals surface area contributed by atoms with Crippen LogP contribution in [-0.4, -0.2) is 19.6 Å². The molecule has 2 aromatic rings. The predicted octanol–water partition coefficient (Wildman–Crippen LogP) is 3.55. The van der Waals surface area contributed by atoms with Gasteiger partial charge in [0.15, 0.2) is 9.84 Å². The highest BCUT2D eigenvalue weighted by molar-refractivity contribution is 7.90. The molecule has 0 aliphatic rings. The van der Waals surface area contributed by atoms with E-state index in [0.717, 1.165) is 12.3 Å². The van der Waals surface area contributed by atoms with Crippen LogP contribution < -0.4 is 4.74 Å². The molecular formula is C15H14FNO5S. The van der Waals surface area contributed by atoms with Gasteiger partial charge < -0.3 is 4.74 Å². The highest BCUT2D eigenvalue weighted by atomic mass is 32.2. The van der Waals surface area contributed by atoms with Gasteiger partial charge in [-0.05, 0) is 49.2 Å². The molecule has 0 radical (unpaired) electrons. The number of nitro benzene ring substituents is 1. The van der Waals surface area contributed by atoms with Crippen LogP contribution in [-0.2, 0) is 9.84 Å². The molecule has 6 nitrogen and oxygen atoms in total. The summed E-state index contributed by atoms with van der Waals surface area (Å²) in [5.41, 5.74) is 0.476. The first-order valence-corrected chi connectivity index (χ1v) is 8.42. The van der Waals surface area contributed by atoms with Crippen molar-refractivity contribution in [2.24, 2.45) is 0 Å². The number of halogens is 1. The second kappa shape index (κ2) is 5.96. The third-order valence-electron chi connectivity index (χ3n) is 3.19. The molecule has 122 valence electrons. The lowest BCUT2D eigenvalue weighted by Crippen LogP contribution is -2.01. The Bertz CT molecular complexity index is 870. The number of aryl methyl sites for hydroxylation is 2. The van der Waals surface area contributed by atoms with E-state index in [9.17, 15) is 22.9 Å². The number of nitro groups is 1. The third kappa shape index (κ3) is 3.65. The molecule has 2 aromatic carbocycles. The first-order valence-electron chi connectivity index (χ1n) is 6.52. The highest BCUT2D eigenvalue weighted by Crippen LogP contribution is 2.36. The van der Waals surface area contributed by atoms with E-state index in [0.29, 0.717) is 16.9 Å². The van der Waals surface area contributed by atoms with Crippen molar-refractivity contribution in [1.82, 2.24) is 0 Å². The standard InChI is InChI=1S/C15H14FNO5S/c1-9-6-11(16)7-10(2)15(9)22-14-5-4-12(23(3,20)21)8-13(14)17(18)19/h4-8H,1-3H3. The maximum absolute atomic E-state index is 13.3. The van der Waals surface area contributed by atoms with Crippen molar-refractivity contribution in [3.8, 4) is 11.5 Å². The van der Waals surface area contributed by atoms with Crippen LogP contribution in [0.4, 0.5) is 10.1 Å². The van der Waals surface area contributed by atoms with E-state index in [1.165, 1.54) is 24.3 Å². The van der Waals surface area contributed by atoms with Gasteiger partial charge in [0, 0.05) is 12.3 Å². The summed E-state index contributed by atoms with van der Waals surface area (Å²) in [7, 11) is -3.58. The summed E-state index contributed by atoms with van der Waals surface area (Å²) in [5.74, 6) is -0.254. The molecule has 0 aliphatic heterocycles. The zero-order chi connectivity index (χ0) is 17.4. The summed E-state index contributed by atoms with van der Waals surface area (Å²) in [4.78, 5) is 10.3. The van der Waals surface area contributed by atoms with E-state index in [2.05, 4.69) is 0 Å². The van der Waals surface area contributed by atoms with Crippen molar-refractivity contribution < 1.29 is 22.5 Å². The van der Waals surface area contributed by atoms with Gasteiger partial charge >= 0.3 is 5.69 Å². The van der Waals surface area contributed by atoms with Crippen LogP contribution in [0.15, 0.2) is 35.2 Å². The molecular weight excluding hydrogens is 325 g/mol.